The Kier molecular flexibility index (Phi) is 9.18. The van der Waals surface area contributed by atoms with Crippen molar-refractivity contribution in [2.45, 2.75) is 20.3 Å². The molecule has 0 fully saturated rings. The number of carbonyl (C=O) groups is 2. The van der Waals surface area contributed by atoms with Gasteiger partial charge in [-0.15, -0.1) is 0 Å². The summed E-state index contributed by atoms with van der Waals surface area (Å²) in [5.41, 5.74) is 2.56. The summed E-state index contributed by atoms with van der Waals surface area (Å²) < 4.78 is 6.54. The zero-order chi connectivity index (χ0) is 24.5. The van der Waals surface area contributed by atoms with E-state index in [1.807, 2.05) is 50.2 Å². The van der Waals surface area contributed by atoms with Gasteiger partial charge in [0.25, 0.3) is 5.91 Å². The van der Waals surface area contributed by atoms with Crippen LogP contribution in [0.15, 0.2) is 77.3 Å². The molecule has 3 rings (SSSR count). The number of ether oxygens (including phenoxy) is 1. The number of anilines is 2. The number of amides is 2. The number of thiocarbonyl (C=S) groups is 1. The first-order valence-corrected chi connectivity index (χ1v) is 12.0. The van der Waals surface area contributed by atoms with Crippen molar-refractivity contribution in [3.8, 4) is 5.75 Å². The van der Waals surface area contributed by atoms with Crippen LogP contribution in [-0.2, 0) is 11.2 Å². The van der Waals surface area contributed by atoms with E-state index in [1.54, 1.807) is 36.4 Å². The van der Waals surface area contributed by atoms with E-state index in [9.17, 15) is 9.59 Å². The van der Waals surface area contributed by atoms with Crippen LogP contribution in [0.3, 0.4) is 0 Å². The number of nitrogens with one attached hydrogen (secondary N) is 3. The lowest BCUT2D eigenvalue weighted by atomic mass is 10.1. The predicted molar refractivity (Wildman–Crippen MR) is 143 cm³/mol. The molecular weight excluding hydrogens is 514 g/mol. The van der Waals surface area contributed by atoms with E-state index < -0.39 is 0 Å². The Balaban J connectivity index is 1.60. The van der Waals surface area contributed by atoms with Gasteiger partial charge in [-0.05, 0) is 60.1 Å². The predicted octanol–water partition coefficient (Wildman–Crippen LogP) is 5.79. The van der Waals surface area contributed by atoms with Crippen LogP contribution < -0.4 is 20.7 Å². The highest BCUT2D eigenvalue weighted by molar-refractivity contribution is 9.10. The zero-order valence-electron chi connectivity index (χ0n) is 18.9. The van der Waals surface area contributed by atoms with E-state index in [0.717, 1.165) is 10.0 Å². The van der Waals surface area contributed by atoms with Gasteiger partial charge in [-0.25, -0.2) is 0 Å². The molecule has 3 N–H and O–H groups in total. The van der Waals surface area contributed by atoms with Gasteiger partial charge in [-0.1, -0.05) is 66.2 Å². The lowest BCUT2D eigenvalue weighted by Crippen LogP contribution is -2.34. The first kappa shape index (κ1) is 25.4. The van der Waals surface area contributed by atoms with Crippen molar-refractivity contribution in [1.82, 2.24) is 5.32 Å². The topological polar surface area (TPSA) is 79.5 Å². The largest absolute Gasteiger partial charge is 0.492 e. The van der Waals surface area contributed by atoms with Crippen LogP contribution in [0.25, 0.3) is 0 Å². The molecule has 0 atom stereocenters. The Labute approximate surface area is 213 Å². The molecule has 0 bridgehead atoms. The van der Waals surface area contributed by atoms with Crippen molar-refractivity contribution < 1.29 is 14.3 Å². The highest BCUT2D eigenvalue weighted by atomic mass is 79.9. The number of hydrogen-bond donors (Lipinski definition) is 3. The highest BCUT2D eigenvalue weighted by Crippen LogP contribution is 2.24. The molecule has 0 heterocycles. The average molecular weight is 540 g/mol. The van der Waals surface area contributed by atoms with Crippen LogP contribution in [0.4, 0.5) is 11.4 Å². The van der Waals surface area contributed by atoms with E-state index in [1.165, 1.54) is 0 Å². The molecule has 0 aliphatic carbocycles. The van der Waals surface area contributed by atoms with Gasteiger partial charge < -0.3 is 15.4 Å². The molecule has 0 aliphatic rings. The standard InChI is InChI=1S/C26H26BrN3O3S/c1-17(2)16-33-23-12-11-19(27)14-22(23)25(32)30-26(34)29-21-10-6-9-20(15-21)28-24(31)13-18-7-4-3-5-8-18/h3-12,14-15,17H,13,16H2,1-2H3,(H,28,31)(H2,29,30,32,34). The molecule has 0 aromatic heterocycles. The van der Waals surface area contributed by atoms with Crippen LogP contribution in [0.5, 0.6) is 5.75 Å². The van der Waals surface area contributed by atoms with E-state index in [-0.39, 0.29) is 23.3 Å². The molecule has 2 amide bonds. The first-order valence-electron chi connectivity index (χ1n) is 10.8. The van der Waals surface area contributed by atoms with Gasteiger partial charge in [0.1, 0.15) is 5.75 Å². The Morgan fingerprint density at radius 2 is 1.65 bits per heavy atom. The summed E-state index contributed by atoms with van der Waals surface area (Å²) >= 11 is 8.72. The second-order valence-corrected chi connectivity index (χ2v) is 9.37. The van der Waals surface area contributed by atoms with Crippen molar-refractivity contribution in [2.24, 2.45) is 5.92 Å². The van der Waals surface area contributed by atoms with Gasteiger partial charge in [0, 0.05) is 15.8 Å². The summed E-state index contributed by atoms with van der Waals surface area (Å²) in [5.74, 6) is 0.302. The third-order valence-corrected chi connectivity index (χ3v) is 5.29. The molecular formula is C26H26BrN3O3S. The van der Waals surface area contributed by atoms with E-state index in [2.05, 4.69) is 31.9 Å². The van der Waals surface area contributed by atoms with Crippen LogP contribution in [0.1, 0.15) is 29.8 Å². The number of carbonyl (C=O) groups excluding carboxylic acids is 2. The van der Waals surface area contributed by atoms with Crippen LogP contribution in [0, 0.1) is 5.92 Å². The van der Waals surface area contributed by atoms with Crippen LogP contribution in [-0.4, -0.2) is 23.5 Å². The Bertz CT molecular complexity index is 1170. The molecule has 0 saturated heterocycles. The van der Waals surface area contributed by atoms with Crippen LogP contribution >= 0.6 is 28.1 Å². The molecule has 34 heavy (non-hydrogen) atoms. The number of halogens is 1. The smallest absolute Gasteiger partial charge is 0.261 e. The Morgan fingerprint density at radius 1 is 0.941 bits per heavy atom. The fraction of sp³-hybridized carbons (Fsp3) is 0.192. The monoisotopic (exact) mass is 539 g/mol. The lowest BCUT2D eigenvalue weighted by molar-refractivity contribution is -0.115. The SMILES string of the molecule is CC(C)COc1ccc(Br)cc1C(=O)NC(=S)Nc1cccc(NC(=O)Cc2ccccc2)c1. The highest BCUT2D eigenvalue weighted by Gasteiger charge is 2.15. The summed E-state index contributed by atoms with van der Waals surface area (Å²) in [6.07, 6.45) is 0.279. The summed E-state index contributed by atoms with van der Waals surface area (Å²) in [6.45, 7) is 4.57. The molecule has 0 spiro atoms. The second kappa shape index (κ2) is 12.3. The van der Waals surface area contributed by atoms with Gasteiger partial charge in [-0.2, -0.15) is 0 Å². The Hall–Kier alpha value is -3.23. The van der Waals surface area contributed by atoms with Gasteiger partial charge >= 0.3 is 0 Å². The van der Waals surface area contributed by atoms with Crippen molar-refractivity contribution in [1.29, 1.82) is 0 Å². The normalized spacial score (nSPS) is 10.5. The first-order chi connectivity index (χ1) is 16.3. The molecule has 0 aliphatic heterocycles. The molecule has 6 nitrogen and oxygen atoms in total. The summed E-state index contributed by atoms with van der Waals surface area (Å²) in [6, 6.07) is 21.9. The average Bonchev–Trinajstić information content (AvgIpc) is 2.78. The van der Waals surface area contributed by atoms with Crippen molar-refractivity contribution >= 4 is 56.4 Å². The third-order valence-electron chi connectivity index (χ3n) is 4.60. The van der Waals surface area contributed by atoms with Crippen LogP contribution in [0.2, 0.25) is 0 Å². The molecule has 3 aromatic rings. The minimum atomic E-state index is -0.384. The van der Waals surface area contributed by atoms with Gasteiger partial charge in [0.15, 0.2) is 5.11 Å². The van der Waals surface area contributed by atoms with Crippen molar-refractivity contribution in [3.63, 3.8) is 0 Å². The Morgan fingerprint density at radius 3 is 2.35 bits per heavy atom. The fourth-order valence-corrected chi connectivity index (χ4v) is 3.63. The molecule has 0 saturated carbocycles. The second-order valence-electron chi connectivity index (χ2n) is 8.04. The molecule has 176 valence electrons. The van der Waals surface area contributed by atoms with Crippen molar-refractivity contribution in [2.75, 3.05) is 17.2 Å². The summed E-state index contributed by atoms with van der Waals surface area (Å²) in [5, 5.41) is 8.68. The summed E-state index contributed by atoms with van der Waals surface area (Å²) in [4.78, 5) is 25.2. The zero-order valence-corrected chi connectivity index (χ0v) is 21.3. The van der Waals surface area contributed by atoms with E-state index in [0.29, 0.717) is 35.2 Å². The maximum absolute atomic E-state index is 12.9. The van der Waals surface area contributed by atoms with E-state index >= 15 is 0 Å². The number of rotatable bonds is 8. The minimum absolute atomic E-state index is 0.122. The van der Waals surface area contributed by atoms with Gasteiger partial charge in [0.05, 0.1) is 18.6 Å². The number of benzene rings is 3. The fourth-order valence-electron chi connectivity index (χ4n) is 3.06. The third kappa shape index (κ3) is 7.97. The quantitative estimate of drug-likeness (QED) is 0.315. The molecule has 0 unspecified atom stereocenters. The minimum Gasteiger partial charge on any atom is -0.492 e. The molecule has 0 radical (unpaired) electrons. The maximum atomic E-state index is 12.9. The molecule has 8 heteroatoms. The lowest BCUT2D eigenvalue weighted by Gasteiger charge is -2.15. The van der Waals surface area contributed by atoms with Gasteiger partial charge in [0.2, 0.25) is 5.91 Å². The van der Waals surface area contributed by atoms with Crippen molar-refractivity contribution in [3.05, 3.63) is 88.4 Å². The van der Waals surface area contributed by atoms with Gasteiger partial charge in [-0.3, -0.25) is 14.9 Å². The maximum Gasteiger partial charge on any atom is 0.261 e. The molecule has 3 aromatic carbocycles. The van der Waals surface area contributed by atoms with E-state index in [4.69, 9.17) is 17.0 Å². The number of hydrogen-bond acceptors (Lipinski definition) is 4. The summed E-state index contributed by atoms with van der Waals surface area (Å²) in [7, 11) is 0.